The summed E-state index contributed by atoms with van der Waals surface area (Å²) in [6, 6.07) is 10.9. The third-order valence-electron chi connectivity index (χ3n) is 5.15. The van der Waals surface area contributed by atoms with Crippen molar-refractivity contribution in [2.75, 3.05) is 13.2 Å². The number of benzene rings is 1. The standard InChI is InChI=1S/C32H28N2O2/c1-5-9-21-35-31-23-27(15-17-29-25(7-3)13-11-19-33-29)28(24-32(31)36-22-10-6-2)16-18-30-26(8-4)14-12-20-34-30/h3-4,11-14,19-20,23-24H,5-6,9-10,21-22H2,1-2H3. The van der Waals surface area contributed by atoms with E-state index in [1.807, 2.05) is 24.3 Å². The molecule has 3 rings (SSSR count). The Bertz CT molecular complexity index is 1290. The van der Waals surface area contributed by atoms with Crippen LogP contribution < -0.4 is 9.47 Å². The first-order chi connectivity index (χ1) is 17.7. The lowest BCUT2D eigenvalue weighted by molar-refractivity contribution is 0.262. The lowest BCUT2D eigenvalue weighted by Gasteiger charge is -2.14. The molecule has 0 unspecified atom stereocenters. The largest absolute Gasteiger partial charge is 0.490 e. The fourth-order valence-electron chi connectivity index (χ4n) is 3.14. The molecule has 0 atom stereocenters. The summed E-state index contributed by atoms with van der Waals surface area (Å²) in [5.74, 6) is 19.1. The molecule has 2 heterocycles. The number of terminal acetylenes is 2. The quantitative estimate of drug-likeness (QED) is 0.316. The summed E-state index contributed by atoms with van der Waals surface area (Å²) in [6.45, 7) is 5.41. The van der Waals surface area contributed by atoms with Crippen molar-refractivity contribution in [1.29, 1.82) is 0 Å². The molecule has 4 heteroatoms. The van der Waals surface area contributed by atoms with Gasteiger partial charge in [0.25, 0.3) is 0 Å². The molecule has 4 nitrogen and oxygen atoms in total. The number of aromatic nitrogens is 2. The van der Waals surface area contributed by atoms with Crippen molar-refractivity contribution >= 4 is 0 Å². The molecule has 0 aliphatic heterocycles. The van der Waals surface area contributed by atoms with Gasteiger partial charge in [-0.1, -0.05) is 50.4 Å². The zero-order chi connectivity index (χ0) is 25.6. The average molecular weight is 473 g/mol. The molecular weight excluding hydrogens is 444 g/mol. The highest BCUT2D eigenvalue weighted by Gasteiger charge is 2.12. The van der Waals surface area contributed by atoms with Crippen molar-refractivity contribution in [3.8, 4) is 59.9 Å². The molecule has 0 saturated carbocycles. The fraction of sp³-hybridized carbons (Fsp3) is 0.250. The second kappa shape index (κ2) is 13.9. The second-order valence-corrected chi connectivity index (χ2v) is 7.84. The van der Waals surface area contributed by atoms with Gasteiger partial charge in [0.15, 0.2) is 11.5 Å². The number of pyridine rings is 2. The fourth-order valence-corrected chi connectivity index (χ4v) is 3.14. The van der Waals surface area contributed by atoms with Gasteiger partial charge in [-0.05, 0) is 48.9 Å². The van der Waals surface area contributed by atoms with Crippen LogP contribution in [-0.2, 0) is 0 Å². The van der Waals surface area contributed by atoms with Gasteiger partial charge in [0.1, 0.15) is 11.4 Å². The van der Waals surface area contributed by atoms with E-state index in [1.54, 1.807) is 24.5 Å². The van der Waals surface area contributed by atoms with Gasteiger partial charge in [-0.2, -0.15) is 0 Å². The minimum Gasteiger partial charge on any atom is -0.490 e. The molecule has 0 aliphatic rings. The van der Waals surface area contributed by atoms with E-state index in [0.29, 0.717) is 58.4 Å². The van der Waals surface area contributed by atoms with E-state index < -0.39 is 0 Å². The summed E-state index contributed by atoms with van der Waals surface area (Å²) < 4.78 is 12.1. The molecule has 0 radical (unpaired) electrons. The van der Waals surface area contributed by atoms with Crippen molar-refractivity contribution in [2.24, 2.45) is 0 Å². The maximum absolute atomic E-state index is 6.07. The first-order valence-electron chi connectivity index (χ1n) is 12.0. The van der Waals surface area contributed by atoms with E-state index >= 15 is 0 Å². The SMILES string of the molecule is C#Cc1cccnc1C#Cc1cc(OCCCC)c(OCCCC)cc1C#Cc1ncccc1C#C. The number of nitrogens with zero attached hydrogens (tertiary/aromatic N) is 2. The second-order valence-electron chi connectivity index (χ2n) is 7.84. The smallest absolute Gasteiger partial charge is 0.162 e. The van der Waals surface area contributed by atoms with Crippen LogP contribution in [0.1, 0.15) is 73.2 Å². The monoisotopic (exact) mass is 472 g/mol. The van der Waals surface area contributed by atoms with Crippen molar-refractivity contribution < 1.29 is 9.47 Å². The summed E-state index contributed by atoms with van der Waals surface area (Å²) in [4.78, 5) is 8.64. The molecule has 178 valence electrons. The molecule has 0 aliphatic carbocycles. The lowest BCUT2D eigenvalue weighted by atomic mass is 10.1. The van der Waals surface area contributed by atoms with Gasteiger partial charge in [0.05, 0.1) is 24.3 Å². The minimum absolute atomic E-state index is 0.523. The van der Waals surface area contributed by atoms with Crippen LogP contribution in [0.2, 0.25) is 0 Å². The molecule has 0 amide bonds. The normalized spacial score (nSPS) is 9.56. The van der Waals surface area contributed by atoms with Crippen molar-refractivity contribution in [3.63, 3.8) is 0 Å². The number of rotatable bonds is 8. The van der Waals surface area contributed by atoms with Crippen molar-refractivity contribution in [2.45, 2.75) is 39.5 Å². The molecule has 0 bridgehead atoms. The Morgan fingerprint density at radius 1 is 0.667 bits per heavy atom. The molecule has 0 saturated heterocycles. The van der Waals surface area contributed by atoms with E-state index in [4.69, 9.17) is 22.3 Å². The zero-order valence-corrected chi connectivity index (χ0v) is 20.7. The van der Waals surface area contributed by atoms with Gasteiger partial charge in [-0.15, -0.1) is 12.8 Å². The molecular formula is C32H28N2O2. The van der Waals surface area contributed by atoms with E-state index in [-0.39, 0.29) is 0 Å². The summed E-state index contributed by atoms with van der Waals surface area (Å²) >= 11 is 0. The summed E-state index contributed by atoms with van der Waals surface area (Å²) in [5, 5.41) is 0. The highest BCUT2D eigenvalue weighted by atomic mass is 16.5. The van der Waals surface area contributed by atoms with Crippen molar-refractivity contribution in [3.05, 3.63) is 82.4 Å². The van der Waals surface area contributed by atoms with Gasteiger partial charge in [-0.25, -0.2) is 9.97 Å². The van der Waals surface area contributed by atoms with Gasteiger partial charge < -0.3 is 9.47 Å². The summed E-state index contributed by atoms with van der Waals surface area (Å²) in [7, 11) is 0. The number of hydrogen-bond donors (Lipinski definition) is 0. The van der Waals surface area contributed by atoms with Gasteiger partial charge >= 0.3 is 0 Å². The van der Waals surface area contributed by atoms with E-state index in [2.05, 4.69) is 59.3 Å². The lowest BCUT2D eigenvalue weighted by Crippen LogP contribution is -2.04. The molecule has 0 N–H and O–H groups in total. The van der Waals surface area contributed by atoms with E-state index in [0.717, 1.165) is 25.7 Å². The highest BCUT2D eigenvalue weighted by Crippen LogP contribution is 2.31. The van der Waals surface area contributed by atoms with Crippen LogP contribution >= 0.6 is 0 Å². The Balaban J connectivity index is 2.13. The minimum atomic E-state index is 0.523. The third-order valence-corrected chi connectivity index (χ3v) is 5.15. The van der Waals surface area contributed by atoms with Crippen LogP contribution in [-0.4, -0.2) is 23.2 Å². The maximum Gasteiger partial charge on any atom is 0.162 e. The molecule has 1 aromatic carbocycles. The Morgan fingerprint density at radius 2 is 1.11 bits per heavy atom. The van der Waals surface area contributed by atoms with Gasteiger partial charge in [0.2, 0.25) is 0 Å². The zero-order valence-electron chi connectivity index (χ0n) is 20.7. The first kappa shape index (κ1) is 26.0. The molecule has 0 fully saturated rings. The predicted octanol–water partition coefficient (Wildman–Crippen LogP) is 5.60. The maximum atomic E-state index is 6.07. The average Bonchev–Trinajstić information content (AvgIpc) is 2.92. The predicted molar refractivity (Wildman–Crippen MR) is 144 cm³/mol. The number of unbranched alkanes of at least 4 members (excludes halogenated alkanes) is 2. The van der Waals surface area contributed by atoms with Crippen LogP contribution in [0.25, 0.3) is 0 Å². The topological polar surface area (TPSA) is 44.2 Å². The van der Waals surface area contributed by atoms with Crippen LogP contribution in [0.4, 0.5) is 0 Å². The van der Waals surface area contributed by atoms with Gasteiger partial charge in [-0.3, -0.25) is 0 Å². The Kier molecular flexibility index (Phi) is 10.0. The van der Waals surface area contributed by atoms with Crippen LogP contribution in [0.5, 0.6) is 11.5 Å². The van der Waals surface area contributed by atoms with E-state index in [9.17, 15) is 0 Å². The Hall–Kier alpha value is -4.64. The first-order valence-corrected chi connectivity index (χ1v) is 12.0. The number of hydrogen-bond acceptors (Lipinski definition) is 4. The third kappa shape index (κ3) is 7.18. The van der Waals surface area contributed by atoms with Crippen molar-refractivity contribution in [1.82, 2.24) is 9.97 Å². The highest BCUT2D eigenvalue weighted by molar-refractivity contribution is 5.61. The molecule has 2 aromatic heterocycles. The Morgan fingerprint density at radius 3 is 1.50 bits per heavy atom. The van der Waals surface area contributed by atoms with Crippen LogP contribution in [0.3, 0.4) is 0 Å². The molecule has 0 spiro atoms. The van der Waals surface area contributed by atoms with Crippen LogP contribution in [0.15, 0.2) is 48.8 Å². The molecule has 36 heavy (non-hydrogen) atoms. The summed E-state index contributed by atoms with van der Waals surface area (Å²) in [5.41, 5.74) is 3.64. The van der Waals surface area contributed by atoms with Crippen LogP contribution in [0, 0.1) is 48.4 Å². The summed E-state index contributed by atoms with van der Waals surface area (Å²) in [6.07, 6.45) is 18.5. The van der Waals surface area contributed by atoms with Gasteiger partial charge in [0, 0.05) is 35.7 Å². The number of ether oxygens (including phenoxy) is 2. The Labute approximate surface area is 214 Å². The van der Waals surface area contributed by atoms with E-state index in [1.165, 1.54) is 0 Å². The molecule has 3 aromatic rings.